The van der Waals surface area contributed by atoms with Gasteiger partial charge in [0.2, 0.25) is 5.88 Å². The van der Waals surface area contributed by atoms with Crippen molar-refractivity contribution in [2.45, 2.75) is 64.9 Å². The van der Waals surface area contributed by atoms with Gasteiger partial charge in [-0.2, -0.15) is 4.98 Å². The molecule has 0 radical (unpaired) electrons. The van der Waals surface area contributed by atoms with E-state index >= 15 is 0 Å². The lowest BCUT2D eigenvalue weighted by molar-refractivity contribution is 0.129. The Balaban J connectivity index is 2.10. The van der Waals surface area contributed by atoms with Gasteiger partial charge in [0.05, 0.1) is 0 Å². The topological polar surface area (TPSA) is 35.0 Å². The molecular weight excluding hydrogens is 304 g/mol. The van der Waals surface area contributed by atoms with E-state index in [1.54, 1.807) is 0 Å². The molecule has 106 valence electrons. The van der Waals surface area contributed by atoms with E-state index in [2.05, 4.69) is 53.6 Å². The van der Waals surface area contributed by atoms with Gasteiger partial charge in [0.25, 0.3) is 0 Å². The van der Waals surface area contributed by atoms with Gasteiger partial charge < -0.3 is 4.74 Å². The average Bonchev–Trinajstić information content (AvgIpc) is 2.30. The second-order valence-corrected chi connectivity index (χ2v) is 7.41. The molecular formula is C15H23BrN2O. The second-order valence-electron chi connectivity index (χ2n) is 6.60. The number of nitrogens with zero attached hydrogens (tertiary/aromatic N) is 2. The largest absolute Gasteiger partial charge is 0.474 e. The van der Waals surface area contributed by atoms with Crippen molar-refractivity contribution >= 4 is 15.9 Å². The van der Waals surface area contributed by atoms with E-state index in [4.69, 9.17) is 4.74 Å². The van der Waals surface area contributed by atoms with E-state index in [-0.39, 0.29) is 5.41 Å². The summed E-state index contributed by atoms with van der Waals surface area (Å²) in [6, 6.07) is 1.87. The highest BCUT2D eigenvalue weighted by atomic mass is 79.9. The Morgan fingerprint density at radius 2 is 1.79 bits per heavy atom. The fourth-order valence-corrected chi connectivity index (χ4v) is 2.67. The van der Waals surface area contributed by atoms with Crippen molar-refractivity contribution in [2.24, 2.45) is 5.92 Å². The Labute approximate surface area is 124 Å². The van der Waals surface area contributed by atoms with Crippen molar-refractivity contribution in [3.8, 4) is 5.88 Å². The average molecular weight is 327 g/mol. The molecule has 1 aliphatic rings. The summed E-state index contributed by atoms with van der Waals surface area (Å²) in [6.07, 6.45) is 5.08. The smallest absolute Gasteiger partial charge is 0.218 e. The van der Waals surface area contributed by atoms with Crippen molar-refractivity contribution < 1.29 is 4.74 Å². The van der Waals surface area contributed by atoms with Crippen LogP contribution in [0.3, 0.4) is 0 Å². The van der Waals surface area contributed by atoms with Crippen molar-refractivity contribution in [3.05, 3.63) is 16.5 Å². The summed E-state index contributed by atoms with van der Waals surface area (Å²) in [7, 11) is 0. The first-order chi connectivity index (χ1) is 8.84. The summed E-state index contributed by atoms with van der Waals surface area (Å²) in [5, 5.41) is 0. The predicted octanol–water partition coefficient (Wildman–Crippen LogP) is 4.49. The van der Waals surface area contributed by atoms with Crippen LogP contribution in [0.1, 0.15) is 59.2 Å². The van der Waals surface area contributed by atoms with Crippen LogP contribution in [0.15, 0.2) is 10.7 Å². The Kier molecular flexibility index (Phi) is 4.49. The van der Waals surface area contributed by atoms with Gasteiger partial charge in [0.15, 0.2) is 0 Å². The summed E-state index contributed by atoms with van der Waals surface area (Å²) in [4.78, 5) is 8.99. The minimum absolute atomic E-state index is 0.0665. The van der Waals surface area contributed by atoms with Gasteiger partial charge in [0.1, 0.15) is 16.5 Å². The monoisotopic (exact) mass is 326 g/mol. The molecule has 0 bridgehead atoms. The lowest BCUT2D eigenvalue weighted by Gasteiger charge is -2.27. The van der Waals surface area contributed by atoms with Crippen LogP contribution >= 0.6 is 15.9 Å². The lowest BCUT2D eigenvalue weighted by Crippen LogP contribution is -2.24. The number of ether oxygens (including phenoxy) is 1. The summed E-state index contributed by atoms with van der Waals surface area (Å²) in [5.41, 5.74) is -0.0665. The van der Waals surface area contributed by atoms with Gasteiger partial charge in [-0.1, -0.05) is 27.7 Å². The van der Waals surface area contributed by atoms with Crippen molar-refractivity contribution in [2.75, 3.05) is 0 Å². The van der Waals surface area contributed by atoms with Gasteiger partial charge >= 0.3 is 0 Å². The summed E-state index contributed by atoms with van der Waals surface area (Å²) < 4.78 is 6.84. The molecule has 2 rings (SSSR count). The van der Waals surface area contributed by atoms with E-state index in [1.165, 1.54) is 12.8 Å². The highest BCUT2D eigenvalue weighted by Crippen LogP contribution is 2.28. The molecule has 1 aliphatic carbocycles. The van der Waals surface area contributed by atoms with E-state index < -0.39 is 0 Å². The van der Waals surface area contributed by atoms with Crippen LogP contribution in [-0.2, 0) is 5.41 Å². The standard InChI is InChI=1S/C15H23BrN2O/c1-10-5-7-11(8-6-10)19-13-9-12(16)17-14(18-13)15(2,3)4/h9-11H,5-8H2,1-4H3. The van der Waals surface area contributed by atoms with Crippen LogP contribution in [0.25, 0.3) is 0 Å². The molecule has 0 aliphatic heterocycles. The maximum Gasteiger partial charge on any atom is 0.218 e. The molecule has 3 nitrogen and oxygen atoms in total. The van der Waals surface area contributed by atoms with E-state index in [1.807, 2.05) is 6.07 Å². The van der Waals surface area contributed by atoms with Crippen LogP contribution in [0.4, 0.5) is 0 Å². The minimum atomic E-state index is -0.0665. The first-order valence-corrected chi connectivity index (χ1v) is 7.85. The van der Waals surface area contributed by atoms with Crippen LogP contribution in [-0.4, -0.2) is 16.1 Å². The zero-order valence-corrected chi connectivity index (χ0v) is 13.8. The Morgan fingerprint density at radius 3 is 2.37 bits per heavy atom. The normalized spacial score (nSPS) is 24.3. The molecule has 0 saturated heterocycles. The van der Waals surface area contributed by atoms with Crippen molar-refractivity contribution in [1.82, 2.24) is 9.97 Å². The Morgan fingerprint density at radius 1 is 1.16 bits per heavy atom. The van der Waals surface area contributed by atoms with Crippen LogP contribution in [0.2, 0.25) is 0 Å². The zero-order valence-electron chi connectivity index (χ0n) is 12.2. The fraction of sp³-hybridized carbons (Fsp3) is 0.733. The number of hydrogen-bond donors (Lipinski definition) is 0. The van der Waals surface area contributed by atoms with E-state index in [0.29, 0.717) is 12.0 Å². The molecule has 0 amide bonds. The van der Waals surface area contributed by atoms with Gasteiger partial charge in [-0.25, -0.2) is 4.98 Å². The third-order valence-electron chi connectivity index (χ3n) is 3.59. The molecule has 0 spiro atoms. The molecule has 19 heavy (non-hydrogen) atoms. The first-order valence-electron chi connectivity index (χ1n) is 7.06. The van der Waals surface area contributed by atoms with Gasteiger partial charge in [-0.05, 0) is 47.5 Å². The highest BCUT2D eigenvalue weighted by molar-refractivity contribution is 9.10. The maximum atomic E-state index is 6.04. The molecule has 1 saturated carbocycles. The first kappa shape index (κ1) is 14.8. The third-order valence-corrected chi connectivity index (χ3v) is 4.00. The molecule has 4 heteroatoms. The SMILES string of the molecule is CC1CCC(Oc2cc(Br)nc(C(C)(C)C)n2)CC1. The van der Waals surface area contributed by atoms with Crippen LogP contribution in [0, 0.1) is 5.92 Å². The highest BCUT2D eigenvalue weighted by Gasteiger charge is 2.22. The molecule has 1 heterocycles. The summed E-state index contributed by atoms with van der Waals surface area (Å²) in [6.45, 7) is 8.65. The maximum absolute atomic E-state index is 6.04. The zero-order chi connectivity index (χ0) is 14.0. The second kappa shape index (κ2) is 5.78. The van der Waals surface area contributed by atoms with Crippen molar-refractivity contribution in [3.63, 3.8) is 0 Å². The molecule has 1 fully saturated rings. The molecule has 0 atom stereocenters. The minimum Gasteiger partial charge on any atom is -0.474 e. The number of halogens is 1. The third kappa shape index (κ3) is 4.16. The number of hydrogen-bond acceptors (Lipinski definition) is 3. The predicted molar refractivity (Wildman–Crippen MR) is 80.5 cm³/mol. The van der Waals surface area contributed by atoms with E-state index in [0.717, 1.165) is 29.2 Å². The number of aromatic nitrogens is 2. The van der Waals surface area contributed by atoms with Gasteiger partial charge in [-0.15, -0.1) is 0 Å². The van der Waals surface area contributed by atoms with Crippen LogP contribution < -0.4 is 4.74 Å². The molecule has 0 unspecified atom stereocenters. The molecule has 0 N–H and O–H groups in total. The van der Waals surface area contributed by atoms with Crippen LogP contribution in [0.5, 0.6) is 5.88 Å². The van der Waals surface area contributed by atoms with Gasteiger partial charge in [-0.3, -0.25) is 0 Å². The van der Waals surface area contributed by atoms with Gasteiger partial charge in [0, 0.05) is 11.5 Å². The lowest BCUT2D eigenvalue weighted by atomic mass is 9.89. The quantitative estimate of drug-likeness (QED) is 0.751. The Hall–Kier alpha value is -0.640. The number of rotatable bonds is 2. The summed E-state index contributed by atoms with van der Waals surface area (Å²) in [5.74, 6) is 2.36. The van der Waals surface area contributed by atoms with Crippen molar-refractivity contribution in [1.29, 1.82) is 0 Å². The molecule has 0 aromatic carbocycles. The fourth-order valence-electron chi connectivity index (χ4n) is 2.31. The molecule has 1 aromatic rings. The summed E-state index contributed by atoms with van der Waals surface area (Å²) >= 11 is 3.45. The van der Waals surface area contributed by atoms with E-state index in [9.17, 15) is 0 Å². The molecule has 1 aromatic heterocycles. The Bertz CT molecular complexity index is 434.